The number of unbranched alkanes of at least 4 members (excludes halogenated alkanes) is 1. The van der Waals surface area contributed by atoms with Gasteiger partial charge in [-0.15, -0.1) is 5.10 Å². The first-order valence-electron chi connectivity index (χ1n) is 17.3. The van der Waals surface area contributed by atoms with Crippen molar-refractivity contribution in [2.45, 2.75) is 78.0 Å². The number of fused-ring (bicyclic) bond motifs is 1. The quantitative estimate of drug-likeness (QED) is 0.169. The molecule has 5 aromatic rings. The fraction of sp³-hybridized carbons (Fsp3) is 0.472. The Morgan fingerprint density at radius 3 is 2.63 bits per heavy atom. The Kier molecular flexibility index (Phi) is 8.10. The Balaban J connectivity index is 1.17. The number of likely N-dealkylation sites (tertiary alicyclic amines) is 1. The number of halogens is 1. The number of amides is 1. The number of rotatable bonds is 8. The molecular formula is C36H42ClN9O3. The Morgan fingerprint density at radius 2 is 1.94 bits per heavy atom. The van der Waals surface area contributed by atoms with Gasteiger partial charge in [0.15, 0.2) is 12.0 Å². The average Bonchev–Trinajstić information content (AvgIpc) is 3.78. The van der Waals surface area contributed by atoms with Crippen LogP contribution in [0.15, 0.2) is 42.9 Å². The van der Waals surface area contributed by atoms with E-state index in [1.807, 2.05) is 41.0 Å². The lowest BCUT2D eigenvalue weighted by Crippen LogP contribution is -2.64. The summed E-state index contributed by atoms with van der Waals surface area (Å²) in [4.78, 5) is 19.1. The second kappa shape index (κ2) is 12.5. The fourth-order valence-corrected chi connectivity index (χ4v) is 8.09. The van der Waals surface area contributed by atoms with Gasteiger partial charge in [-0.3, -0.25) is 4.68 Å². The lowest BCUT2D eigenvalue weighted by atomic mass is 9.61. The molecule has 4 aromatic heterocycles. The summed E-state index contributed by atoms with van der Waals surface area (Å²) in [6.45, 7) is 8.93. The van der Waals surface area contributed by atoms with Crippen LogP contribution in [0.2, 0.25) is 5.02 Å². The molecule has 49 heavy (non-hydrogen) atoms. The molecule has 1 saturated carbocycles. The van der Waals surface area contributed by atoms with Gasteiger partial charge in [-0.25, -0.2) is 19.1 Å². The molecule has 12 nitrogen and oxygen atoms in total. The van der Waals surface area contributed by atoms with E-state index in [4.69, 9.17) is 42.0 Å². The number of carbonyl (C=O) groups excluding carboxylic acids is 1. The molecule has 1 amide bonds. The summed E-state index contributed by atoms with van der Waals surface area (Å²) in [5.41, 5.74) is 12.5. The summed E-state index contributed by atoms with van der Waals surface area (Å²) in [5, 5.41) is 16.1. The fourth-order valence-electron chi connectivity index (χ4n) is 7.84. The first-order valence-corrected chi connectivity index (χ1v) is 17.7. The highest BCUT2D eigenvalue weighted by molar-refractivity contribution is 6.36. The van der Waals surface area contributed by atoms with E-state index in [1.54, 1.807) is 16.9 Å². The summed E-state index contributed by atoms with van der Waals surface area (Å²) in [5.74, 6) is 1.09. The topological polar surface area (TPSA) is 131 Å². The van der Waals surface area contributed by atoms with Gasteiger partial charge in [-0.1, -0.05) is 24.9 Å². The molecule has 3 fully saturated rings. The molecule has 2 aliphatic heterocycles. The van der Waals surface area contributed by atoms with Gasteiger partial charge in [-0.05, 0) is 76.1 Å². The molecule has 0 bridgehead atoms. The number of aromatic nitrogens is 7. The molecule has 1 unspecified atom stereocenters. The zero-order chi connectivity index (χ0) is 33.9. The maximum absolute atomic E-state index is 12.5. The molecule has 1 spiro atoms. The summed E-state index contributed by atoms with van der Waals surface area (Å²) < 4.78 is 17.4. The van der Waals surface area contributed by atoms with Crippen LogP contribution in [-0.4, -0.2) is 71.6 Å². The molecule has 1 aromatic carbocycles. The van der Waals surface area contributed by atoms with Crippen molar-refractivity contribution in [3.05, 3.63) is 59.1 Å². The molecule has 6 heterocycles. The van der Waals surface area contributed by atoms with Crippen LogP contribution in [0.25, 0.3) is 39.1 Å². The SMILES string of the molecule is CCCCOC(=O)N1CC2(CC(n3nc(-c4ccc(-n5ccc(N)n5)nc4)c(-c4c(Cl)c(C)cc5c4cnn5C4CCCCO4)c3C)C2)C1. The predicted molar refractivity (Wildman–Crippen MR) is 188 cm³/mol. The molecule has 256 valence electrons. The maximum Gasteiger partial charge on any atom is 0.409 e. The third kappa shape index (κ3) is 5.54. The van der Waals surface area contributed by atoms with Gasteiger partial charge in [0.25, 0.3) is 0 Å². The average molecular weight is 684 g/mol. The van der Waals surface area contributed by atoms with E-state index in [-0.39, 0.29) is 23.8 Å². The summed E-state index contributed by atoms with van der Waals surface area (Å²) in [6, 6.07) is 7.99. The van der Waals surface area contributed by atoms with E-state index in [9.17, 15) is 4.79 Å². The van der Waals surface area contributed by atoms with E-state index >= 15 is 0 Å². The summed E-state index contributed by atoms with van der Waals surface area (Å²) in [6.07, 6.45) is 12.1. The Morgan fingerprint density at radius 1 is 1.10 bits per heavy atom. The van der Waals surface area contributed by atoms with Gasteiger partial charge in [0.1, 0.15) is 11.5 Å². The standard InChI is InChI=1S/C36H42ClN9O3/c1-4-5-13-49-35(47)43-20-36(21-43)16-25(17-36)45-23(3)31(34(42-45)24-9-10-29(39-18-24)44-12-11-28(38)41-44)32-26-19-40-46(30-8-6-7-14-48-30)27(26)15-22(2)33(32)37/h9-12,15,18-19,25,30H,4-8,13-14,16-17,20-21H2,1-3H3,(H2,38,41). The zero-order valence-corrected chi connectivity index (χ0v) is 29.0. The van der Waals surface area contributed by atoms with Crippen molar-refractivity contribution in [2.75, 3.05) is 32.0 Å². The van der Waals surface area contributed by atoms with E-state index in [1.165, 1.54) is 0 Å². The van der Waals surface area contributed by atoms with Crippen LogP contribution in [0.4, 0.5) is 10.6 Å². The lowest BCUT2D eigenvalue weighted by Gasteiger charge is -2.58. The normalized spacial score (nSPS) is 18.9. The number of nitrogen functional groups attached to an aromatic ring is 1. The van der Waals surface area contributed by atoms with Crippen LogP contribution in [0.3, 0.4) is 0 Å². The smallest absolute Gasteiger partial charge is 0.409 e. The molecule has 1 aliphatic carbocycles. The van der Waals surface area contributed by atoms with E-state index < -0.39 is 0 Å². The minimum Gasteiger partial charge on any atom is -0.449 e. The van der Waals surface area contributed by atoms with Crippen LogP contribution < -0.4 is 5.73 Å². The number of hydrogen-bond donors (Lipinski definition) is 1. The Labute approximate surface area is 290 Å². The van der Waals surface area contributed by atoms with E-state index in [0.717, 1.165) is 109 Å². The number of aryl methyl sites for hydroxylation is 1. The van der Waals surface area contributed by atoms with Crippen LogP contribution >= 0.6 is 11.6 Å². The molecule has 2 saturated heterocycles. The first kappa shape index (κ1) is 31.8. The summed E-state index contributed by atoms with van der Waals surface area (Å²) >= 11 is 7.25. The van der Waals surface area contributed by atoms with E-state index in [2.05, 4.69) is 29.7 Å². The van der Waals surface area contributed by atoms with Crippen molar-refractivity contribution in [3.63, 3.8) is 0 Å². The Hall–Kier alpha value is -4.42. The Bertz CT molecular complexity index is 2010. The second-order valence-corrected chi connectivity index (χ2v) is 14.3. The molecule has 8 rings (SSSR count). The number of nitrogens with zero attached hydrogens (tertiary/aromatic N) is 8. The van der Waals surface area contributed by atoms with E-state index in [0.29, 0.717) is 23.3 Å². The molecule has 3 aliphatic rings. The highest BCUT2D eigenvalue weighted by Crippen LogP contribution is 2.55. The number of pyridine rings is 1. The molecule has 2 N–H and O–H groups in total. The van der Waals surface area contributed by atoms with Crippen molar-refractivity contribution in [2.24, 2.45) is 5.41 Å². The number of benzene rings is 1. The summed E-state index contributed by atoms with van der Waals surface area (Å²) in [7, 11) is 0. The molecule has 13 heteroatoms. The van der Waals surface area contributed by atoms with Crippen LogP contribution in [-0.2, 0) is 9.47 Å². The number of nitrogens with two attached hydrogens (primary N) is 1. The predicted octanol–water partition coefficient (Wildman–Crippen LogP) is 7.27. The van der Waals surface area contributed by atoms with Crippen LogP contribution in [0.1, 0.15) is 75.4 Å². The minimum atomic E-state index is -0.201. The van der Waals surface area contributed by atoms with Gasteiger partial charge in [0, 0.05) is 71.3 Å². The van der Waals surface area contributed by atoms with Gasteiger partial charge in [0.05, 0.1) is 29.4 Å². The van der Waals surface area contributed by atoms with Crippen molar-refractivity contribution >= 4 is 34.4 Å². The minimum absolute atomic E-state index is 0.104. The number of ether oxygens (including phenoxy) is 2. The third-order valence-electron chi connectivity index (χ3n) is 10.4. The number of carbonyl (C=O) groups is 1. The van der Waals surface area contributed by atoms with Crippen LogP contribution in [0.5, 0.6) is 0 Å². The zero-order valence-electron chi connectivity index (χ0n) is 28.2. The molecule has 0 radical (unpaired) electrons. The second-order valence-electron chi connectivity index (χ2n) is 14.0. The monoisotopic (exact) mass is 683 g/mol. The van der Waals surface area contributed by atoms with Gasteiger partial charge < -0.3 is 20.1 Å². The number of anilines is 1. The van der Waals surface area contributed by atoms with Gasteiger partial charge in [0.2, 0.25) is 0 Å². The highest BCUT2D eigenvalue weighted by atomic mass is 35.5. The van der Waals surface area contributed by atoms with Crippen molar-refractivity contribution < 1.29 is 14.3 Å². The third-order valence-corrected chi connectivity index (χ3v) is 10.9. The maximum atomic E-state index is 12.5. The number of hydrogen-bond acceptors (Lipinski definition) is 8. The largest absolute Gasteiger partial charge is 0.449 e. The van der Waals surface area contributed by atoms with Crippen molar-refractivity contribution in [1.82, 2.24) is 39.2 Å². The van der Waals surface area contributed by atoms with Crippen molar-refractivity contribution in [3.8, 4) is 28.2 Å². The molecular weight excluding hydrogens is 642 g/mol. The lowest BCUT2D eigenvalue weighted by molar-refractivity contribution is -0.0825. The van der Waals surface area contributed by atoms with Gasteiger partial charge >= 0.3 is 6.09 Å². The highest BCUT2D eigenvalue weighted by Gasteiger charge is 2.55. The van der Waals surface area contributed by atoms with Crippen molar-refractivity contribution in [1.29, 1.82) is 0 Å². The molecule has 1 atom stereocenters. The van der Waals surface area contributed by atoms with Crippen LogP contribution in [0, 0.1) is 19.3 Å². The van der Waals surface area contributed by atoms with Gasteiger partial charge in [-0.2, -0.15) is 10.2 Å². The first-order chi connectivity index (χ1) is 23.7.